The molecule has 0 amide bonds. The van der Waals surface area contributed by atoms with Crippen LogP contribution >= 0.6 is 27.5 Å². The minimum atomic E-state index is -0.416. The highest BCUT2D eigenvalue weighted by Gasteiger charge is 2.29. The topological polar surface area (TPSA) is 65.1 Å². The second-order valence-electron chi connectivity index (χ2n) is 8.21. The van der Waals surface area contributed by atoms with Crippen LogP contribution in [0.2, 0.25) is 5.02 Å². The molecule has 3 heterocycles. The summed E-state index contributed by atoms with van der Waals surface area (Å²) in [6.07, 6.45) is 0. The Morgan fingerprint density at radius 1 is 1.09 bits per heavy atom. The molecule has 0 aliphatic carbocycles. The number of rotatable bonds is 3. The SMILES string of the molecule is CC1CN(c2ccc(Br)cc2)c2nc3c(c(=O)n(Cc4ccccc4Cl)c(=O)n3C)n2C1. The Hall–Kier alpha value is -2.84. The summed E-state index contributed by atoms with van der Waals surface area (Å²) in [6, 6.07) is 15.2. The van der Waals surface area contributed by atoms with Gasteiger partial charge < -0.3 is 9.47 Å². The van der Waals surface area contributed by atoms with Crippen molar-refractivity contribution in [3.05, 3.63) is 84.4 Å². The average molecular weight is 515 g/mol. The molecule has 0 N–H and O–H groups in total. The lowest BCUT2D eigenvalue weighted by molar-refractivity contribution is 0.458. The van der Waals surface area contributed by atoms with Gasteiger partial charge in [-0.15, -0.1) is 0 Å². The van der Waals surface area contributed by atoms with Gasteiger partial charge in [-0.2, -0.15) is 4.98 Å². The van der Waals surface area contributed by atoms with E-state index in [1.807, 2.05) is 47.0 Å². The van der Waals surface area contributed by atoms with E-state index in [-0.39, 0.29) is 18.0 Å². The van der Waals surface area contributed by atoms with Gasteiger partial charge in [-0.25, -0.2) is 4.79 Å². The maximum absolute atomic E-state index is 13.6. The van der Waals surface area contributed by atoms with Crippen LogP contribution in [0.1, 0.15) is 12.5 Å². The molecule has 2 aromatic heterocycles. The van der Waals surface area contributed by atoms with E-state index in [4.69, 9.17) is 16.6 Å². The molecule has 2 aromatic carbocycles. The summed E-state index contributed by atoms with van der Waals surface area (Å²) in [4.78, 5) is 33.5. The fraction of sp³-hybridized carbons (Fsp3) is 0.261. The summed E-state index contributed by atoms with van der Waals surface area (Å²) < 4.78 is 5.62. The number of imidazole rings is 1. The van der Waals surface area contributed by atoms with E-state index in [9.17, 15) is 9.59 Å². The van der Waals surface area contributed by atoms with Gasteiger partial charge in [-0.05, 0) is 41.8 Å². The molecule has 1 aliphatic heterocycles. The monoisotopic (exact) mass is 513 g/mol. The Balaban J connectivity index is 1.73. The van der Waals surface area contributed by atoms with Crippen molar-refractivity contribution in [3.8, 4) is 0 Å². The highest BCUT2D eigenvalue weighted by Crippen LogP contribution is 2.33. The van der Waals surface area contributed by atoms with Crippen molar-refractivity contribution in [1.29, 1.82) is 0 Å². The third-order valence-corrected chi connectivity index (χ3v) is 6.76. The van der Waals surface area contributed by atoms with E-state index in [1.54, 1.807) is 13.1 Å². The fourth-order valence-corrected chi connectivity index (χ4v) is 4.74. The first-order valence-corrected chi connectivity index (χ1v) is 11.5. The molecule has 0 radical (unpaired) electrons. The van der Waals surface area contributed by atoms with E-state index in [0.29, 0.717) is 28.7 Å². The van der Waals surface area contributed by atoms with Gasteiger partial charge in [0.1, 0.15) is 0 Å². The maximum Gasteiger partial charge on any atom is 0.332 e. The lowest BCUT2D eigenvalue weighted by Gasteiger charge is -2.33. The quantitative estimate of drug-likeness (QED) is 0.412. The van der Waals surface area contributed by atoms with E-state index >= 15 is 0 Å². The van der Waals surface area contributed by atoms with Crippen LogP contribution in [0.3, 0.4) is 0 Å². The Morgan fingerprint density at radius 2 is 1.81 bits per heavy atom. The highest BCUT2D eigenvalue weighted by atomic mass is 79.9. The largest absolute Gasteiger partial charge is 0.332 e. The van der Waals surface area contributed by atoms with E-state index in [0.717, 1.165) is 22.3 Å². The summed E-state index contributed by atoms with van der Waals surface area (Å²) in [6.45, 7) is 3.67. The number of hydrogen-bond acceptors (Lipinski definition) is 4. The van der Waals surface area contributed by atoms with Crippen molar-refractivity contribution in [2.45, 2.75) is 20.0 Å². The molecule has 32 heavy (non-hydrogen) atoms. The van der Waals surface area contributed by atoms with Gasteiger partial charge in [-0.3, -0.25) is 13.9 Å². The normalized spacial score (nSPS) is 15.9. The lowest BCUT2D eigenvalue weighted by Crippen LogP contribution is -2.40. The minimum Gasteiger partial charge on any atom is -0.312 e. The van der Waals surface area contributed by atoms with Crippen molar-refractivity contribution in [1.82, 2.24) is 18.7 Å². The van der Waals surface area contributed by atoms with Crippen molar-refractivity contribution in [2.24, 2.45) is 13.0 Å². The van der Waals surface area contributed by atoms with Crippen molar-refractivity contribution < 1.29 is 0 Å². The summed E-state index contributed by atoms with van der Waals surface area (Å²) >= 11 is 9.77. The second kappa shape index (κ2) is 7.94. The van der Waals surface area contributed by atoms with Gasteiger partial charge in [0, 0.05) is 35.3 Å². The van der Waals surface area contributed by atoms with Crippen LogP contribution in [0.25, 0.3) is 11.2 Å². The molecule has 164 valence electrons. The van der Waals surface area contributed by atoms with E-state index < -0.39 is 5.69 Å². The van der Waals surface area contributed by atoms with Crippen LogP contribution in [0.5, 0.6) is 0 Å². The summed E-state index contributed by atoms with van der Waals surface area (Å²) in [5.74, 6) is 0.959. The van der Waals surface area contributed by atoms with Crippen LogP contribution in [-0.2, 0) is 20.1 Å². The van der Waals surface area contributed by atoms with Crippen LogP contribution < -0.4 is 16.1 Å². The van der Waals surface area contributed by atoms with Gasteiger partial charge in [0.2, 0.25) is 5.95 Å². The molecule has 7 nitrogen and oxygen atoms in total. The standard InChI is InChI=1S/C23H21BrClN5O2/c1-14-11-28(17-9-7-16(24)8-10-17)22-26-20-19(29(22)12-14)21(31)30(23(32)27(20)2)13-15-5-3-4-6-18(15)25/h3-10,14H,11-13H2,1-2H3. The molecule has 4 aromatic rings. The number of fused-ring (bicyclic) bond motifs is 3. The number of anilines is 2. The summed E-state index contributed by atoms with van der Waals surface area (Å²) in [7, 11) is 1.65. The van der Waals surface area contributed by atoms with E-state index in [2.05, 4.69) is 27.8 Å². The molecule has 9 heteroatoms. The van der Waals surface area contributed by atoms with Gasteiger partial charge in [-0.1, -0.05) is 52.7 Å². The van der Waals surface area contributed by atoms with Crippen LogP contribution in [0.15, 0.2) is 62.6 Å². The molecule has 1 aliphatic rings. The zero-order chi connectivity index (χ0) is 22.6. The zero-order valence-corrected chi connectivity index (χ0v) is 20.0. The Labute approximate surface area is 197 Å². The summed E-state index contributed by atoms with van der Waals surface area (Å²) in [5.41, 5.74) is 1.76. The number of nitrogens with zero attached hydrogens (tertiary/aromatic N) is 5. The molecule has 0 spiro atoms. The number of halogens is 2. The zero-order valence-electron chi connectivity index (χ0n) is 17.6. The molecule has 1 atom stereocenters. The molecule has 0 saturated heterocycles. The predicted molar refractivity (Wildman–Crippen MR) is 130 cm³/mol. The van der Waals surface area contributed by atoms with Gasteiger partial charge in [0.05, 0.1) is 6.54 Å². The van der Waals surface area contributed by atoms with Crippen LogP contribution in [0.4, 0.5) is 11.6 Å². The first-order chi connectivity index (χ1) is 15.3. The predicted octanol–water partition coefficient (Wildman–Crippen LogP) is 4.15. The van der Waals surface area contributed by atoms with Gasteiger partial charge in [0.25, 0.3) is 5.56 Å². The number of hydrogen-bond donors (Lipinski definition) is 0. The Kier molecular flexibility index (Phi) is 5.22. The molecule has 0 fully saturated rings. The lowest BCUT2D eigenvalue weighted by atomic mass is 10.1. The number of aromatic nitrogens is 4. The number of benzene rings is 2. The first-order valence-electron chi connectivity index (χ1n) is 10.3. The first kappa shape index (κ1) is 21.0. The second-order valence-corrected chi connectivity index (χ2v) is 9.53. The summed E-state index contributed by atoms with van der Waals surface area (Å²) in [5, 5.41) is 0.520. The fourth-order valence-electron chi connectivity index (χ4n) is 4.28. The van der Waals surface area contributed by atoms with Crippen molar-refractivity contribution in [2.75, 3.05) is 11.4 Å². The van der Waals surface area contributed by atoms with Crippen LogP contribution in [-0.4, -0.2) is 25.2 Å². The molecule has 0 saturated carbocycles. The van der Waals surface area contributed by atoms with Gasteiger partial charge >= 0.3 is 5.69 Å². The van der Waals surface area contributed by atoms with Crippen molar-refractivity contribution in [3.63, 3.8) is 0 Å². The Morgan fingerprint density at radius 3 is 2.53 bits per heavy atom. The Bertz CT molecular complexity index is 1450. The highest BCUT2D eigenvalue weighted by molar-refractivity contribution is 9.10. The third kappa shape index (κ3) is 3.38. The van der Waals surface area contributed by atoms with Gasteiger partial charge in [0.15, 0.2) is 11.2 Å². The number of aryl methyl sites for hydroxylation is 1. The molecular weight excluding hydrogens is 494 g/mol. The van der Waals surface area contributed by atoms with Crippen LogP contribution in [0, 0.1) is 5.92 Å². The maximum atomic E-state index is 13.6. The third-order valence-electron chi connectivity index (χ3n) is 5.87. The smallest absolute Gasteiger partial charge is 0.312 e. The molecule has 1 unspecified atom stereocenters. The van der Waals surface area contributed by atoms with Crippen molar-refractivity contribution >= 4 is 50.3 Å². The molecule has 0 bridgehead atoms. The molecule has 5 rings (SSSR count). The average Bonchev–Trinajstić information content (AvgIpc) is 3.16. The molecular formula is C23H21BrClN5O2. The van der Waals surface area contributed by atoms with E-state index in [1.165, 1.54) is 9.13 Å². The minimum absolute atomic E-state index is 0.105.